The van der Waals surface area contributed by atoms with Gasteiger partial charge in [0, 0.05) is 24.2 Å². The Labute approximate surface area is 163 Å². The summed E-state index contributed by atoms with van der Waals surface area (Å²) in [5.41, 5.74) is 2.64. The van der Waals surface area contributed by atoms with Crippen molar-refractivity contribution in [2.75, 3.05) is 13.7 Å². The van der Waals surface area contributed by atoms with E-state index < -0.39 is 0 Å². The summed E-state index contributed by atoms with van der Waals surface area (Å²) in [6.45, 7) is 2.00. The number of piperidine rings is 1. The fraction of sp³-hybridized carbons (Fsp3) is 0.500. The van der Waals surface area contributed by atoms with Crippen LogP contribution >= 0.6 is 0 Å². The Morgan fingerprint density at radius 1 is 0.963 bits per heavy atom. The minimum absolute atomic E-state index is 0.375. The van der Waals surface area contributed by atoms with E-state index in [-0.39, 0.29) is 0 Å². The highest BCUT2D eigenvalue weighted by atomic mass is 16.5. The van der Waals surface area contributed by atoms with E-state index in [2.05, 4.69) is 59.2 Å². The van der Waals surface area contributed by atoms with Crippen molar-refractivity contribution in [1.29, 1.82) is 0 Å². The first-order chi connectivity index (χ1) is 13.4. The molecule has 3 nitrogen and oxygen atoms in total. The van der Waals surface area contributed by atoms with E-state index >= 15 is 0 Å². The second kappa shape index (κ2) is 8.90. The van der Waals surface area contributed by atoms with Crippen LogP contribution in [-0.2, 0) is 6.54 Å². The van der Waals surface area contributed by atoms with Crippen LogP contribution in [0.4, 0.5) is 0 Å². The van der Waals surface area contributed by atoms with Crippen molar-refractivity contribution in [2.45, 2.75) is 50.7 Å². The van der Waals surface area contributed by atoms with Gasteiger partial charge in [0.25, 0.3) is 0 Å². The minimum Gasteiger partial charge on any atom is -0.496 e. The molecule has 2 fully saturated rings. The van der Waals surface area contributed by atoms with Crippen LogP contribution in [0.1, 0.15) is 49.3 Å². The monoisotopic (exact) mass is 364 g/mol. The summed E-state index contributed by atoms with van der Waals surface area (Å²) in [7, 11) is 1.76. The summed E-state index contributed by atoms with van der Waals surface area (Å²) in [5, 5.41) is 7.83. The number of nitrogens with one attached hydrogen (secondary N) is 2. The average Bonchev–Trinajstić information content (AvgIpc) is 2.98. The fourth-order valence-electron chi connectivity index (χ4n) is 5.12. The van der Waals surface area contributed by atoms with Crippen LogP contribution in [0.2, 0.25) is 0 Å². The molecule has 0 radical (unpaired) electrons. The molecule has 0 bridgehead atoms. The van der Waals surface area contributed by atoms with E-state index in [9.17, 15) is 0 Å². The van der Waals surface area contributed by atoms with Crippen LogP contribution in [0.15, 0.2) is 54.6 Å². The van der Waals surface area contributed by atoms with Crippen LogP contribution in [0, 0.1) is 11.8 Å². The van der Waals surface area contributed by atoms with Gasteiger partial charge in [0.15, 0.2) is 0 Å². The third kappa shape index (κ3) is 4.20. The Bertz CT molecular complexity index is 717. The zero-order valence-corrected chi connectivity index (χ0v) is 16.4. The number of hydrogen-bond donors (Lipinski definition) is 2. The third-order valence-electron chi connectivity index (χ3n) is 6.52. The normalized spacial score (nSPS) is 28.2. The van der Waals surface area contributed by atoms with Crippen molar-refractivity contribution in [2.24, 2.45) is 11.8 Å². The maximum absolute atomic E-state index is 5.57. The number of ether oxygens (including phenoxy) is 1. The molecular weight excluding hydrogens is 332 g/mol. The lowest BCUT2D eigenvalue weighted by molar-refractivity contribution is 0.138. The summed E-state index contributed by atoms with van der Waals surface area (Å²) in [6, 6.07) is 20.2. The topological polar surface area (TPSA) is 33.3 Å². The summed E-state index contributed by atoms with van der Waals surface area (Å²) >= 11 is 0. The Morgan fingerprint density at radius 2 is 1.74 bits per heavy atom. The molecule has 1 saturated carbocycles. The molecule has 1 aliphatic heterocycles. The zero-order valence-electron chi connectivity index (χ0n) is 16.4. The van der Waals surface area contributed by atoms with Gasteiger partial charge in [-0.05, 0) is 42.9 Å². The SMILES string of the molecule is COc1ccccc1CNC1C(c2ccccc2)NCC2CCCCCC21. The fourth-order valence-corrected chi connectivity index (χ4v) is 5.12. The van der Waals surface area contributed by atoms with Gasteiger partial charge in [-0.15, -0.1) is 0 Å². The van der Waals surface area contributed by atoms with Crippen molar-refractivity contribution in [3.63, 3.8) is 0 Å². The van der Waals surface area contributed by atoms with Gasteiger partial charge in [-0.25, -0.2) is 0 Å². The predicted molar refractivity (Wildman–Crippen MR) is 111 cm³/mol. The lowest BCUT2D eigenvalue weighted by Crippen LogP contribution is -2.54. The molecule has 0 amide bonds. The Kier molecular flexibility index (Phi) is 6.10. The highest BCUT2D eigenvalue weighted by Crippen LogP contribution is 2.39. The van der Waals surface area contributed by atoms with Gasteiger partial charge in [-0.3, -0.25) is 0 Å². The maximum atomic E-state index is 5.57. The largest absolute Gasteiger partial charge is 0.496 e. The molecular formula is C24H32N2O. The van der Waals surface area contributed by atoms with Crippen LogP contribution in [-0.4, -0.2) is 19.7 Å². The Hall–Kier alpha value is -1.84. The van der Waals surface area contributed by atoms with Gasteiger partial charge in [0.05, 0.1) is 7.11 Å². The lowest BCUT2D eigenvalue weighted by atomic mass is 9.74. The second-order valence-corrected chi connectivity index (χ2v) is 8.08. The van der Waals surface area contributed by atoms with E-state index in [0.717, 1.165) is 30.7 Å². The molecule has 4 rings (SSSR count). The molecule has 27 heavy (non-hydrogen) atoms. The third-order valence-corrected chi connectivity index (χ3v) is 6.52. The van der Waals surface area contributed by atoms with Crippen LogP contribution in [0.25, 0.3) is 0 Å². The summed E-state index contributed by atoms with van der Waals surface area (Å²) < 4.78 is 5.57. The average molecular weight is 365 g/mol. The molecule has 3 heteroatoms. The number of benzene rings is 2. The summed E-state index contributed by atoms with van der Waals surface area (Å²) in [6.07, 6.45) is 6.86. The van der Waals surface area contributed by atoms with Crippen molar-refractivity contribution < 1.29 is 4.74 Å². The quantitative estimate of drug-likeness (QED) is 0.807. The molecule has 1 saturated heterocycles. The molecule has 0 aromatic heterocycles. The predicted octanol–water partition coefficient (Wildman–Crippen LogP) is 4.69. The minimum atomic E-state index is 0.375. The van der Waals surface area contributed by atoms with Gasteiger partial charge >= 0.3 is 0 Å². The highest BCUT2D eigenvalue weighted by Gasteiger charge is 2.39. The molecule has 2 aromatic rings. The molecule has 4 atom stereocenters. The first kappa shape index (κ1) is 18.5. The molecule has 144 valence electrons. The molecule has 4 unspecified atom stereocenters. The van der Waals surface area contributed by atoms with Crippen molar-refractivity contribution >= 4 is 0 Å². The smallest absolute Gasteiger partial charge is 0.123 e. The molecule has 0 spiro atoms. The number of para-hydroxylation sites is 1. The highest BCUT2D eigenvalue weighted by molar-refractivity contribution is 5.33. The van der Waals surface area contributed by atoms with Gasteiger partial charge in [0.2, 0.25) is 0 Å². The maximum Gasteiger partial charge on any atom is 0.123 e. The second-order valence-electron chi connectivity index (χ2n) is 8.08. The molecule has 2 aromatic carbocycles. The van der Waals surface area contributed by atoms with Crippen molar-refractivity contribution in [3.05, 3.63) is 65.7 Å². The molecule has 1 aliphatic carbocycles. The van der Waals surface area contributed by atoms with Gasteiger partial charge < -0.3 is 15.4 Å². The lowest BCUT2D eigenvalue weighted by Gasteiger charge is -2.44. The van der Waals surface area contributed by atoms with Crippen LogP contribution in [0.3, 0.4) is 0 Å². The summed E-state index contributed by atoms with van der Waals surface area (Å²) in [4.78, 5) is 0. The van der Waals surface area contributed by atoms with Gasteiger partial charge in [-0.1, -0.05) is 67.8 Å². The van der Waals surface area contributed by atoms with E-state index in [4.69, 9.17) is 4.74 Å². The number of hydrogen-bond acceptors (Lipinski definition) is 3. The number of rotatable bonds is 5. The van der Waals surface area contributed by atoms with Crippen molar-refractivity contribution in [3.8, 4) is 5.75 Å². The standard InChI is InChI=1S/C24H32N2O/c1-27-22-15-9-8-13-20(22)17-26-24-21-14-7-3-6-12-19(21)16-25-23(24)18-10-4-2-5-11-18/h2,4-5,8-11,13,15,19,21,23-26H,3,6-7,12,14,16-17H2,1H3. The molecule has 1 heterocycles. The Balaban J connectivity index is 1.58. The van der Waals surface area contributed by atoms with Crippen LogP contribution in [0.5, 0.6) is 5.75 Å². The molecule has 2 N–H and O–H groups in total. The first-order valence-corrected chi connectivity index (χ1v) is 10.5. The van der Waals surface area contributed by atoms with E-state index in [1.165, 1.54) is 43.2 Å². The molecule has 2 aliphatic rings. The van der Waals surface area contributed by atoms with E-state index in [0.29, 0.717) is 12.1 Å². The Morgan fingerprint density at radius 3 is 2.59 bits per heavy atom. The number of methoxy groups -OCH3 is 1. The summed E-state index contributed by atoms with van der Waals surface area (Å²) in [5.74, 6) is 2.51. The van der Waals surface area contributed by atoms with E-state index in [1.54, 1.807) is 7.11 Å². The van der Waals surface area contributed by atoms with Crippen LogP contribution < -0.4 is 15.4 Å². The van der Waals surface area contributed by atoms with Gasteiger partial charge in [0.1, 0.15) is 5.75 Å². The van der Waals surface area contributed by atoms with Crippen molar-refractivity contribution in [1.82, 2.24) is 10.6 Å². The zero-order chi connectivity index (χ0) is 18.5. The van der Waals surface area contributed by atoms with Gasteiger partial charge in [-0.2, -0.15) is 0 Å². The number of fused-ring (bicyclic) bond motifs is 1. The van der Waals surface area contributed by atoms with E-state index in [1.807, 2.05) is 6.07 Å². The first-order valence-electron chi connectivity index (χ1n) is 10.5.